The third kappa shape index (κ3) is 3.97. The number of amides is 1. The Morgan fingerprint density at radius 1 is 1.04 bits per heavy atom. The fourth-order valence-corrected chi connectivity index (χ4v) is 6.28. The standard InChI is InChI=1S/C17H14FNO3S3/c18-13-7-5-12(6-8-13)17(20)19-11-15(14-3-1-9-23-14)25(21,22)16-4-2-10-24-16/h1-10,15H,11H2,(H,19,20)/t15-/m0/s1. The van der Waals surface area contributed by atoms with Crippen molar-refractivity contribution in [2.75, 3.05) is 6.54 Å². The molecule has 0 aliphatic heterocycles. The number of hydrogen-bond donors (Lipinski definition) is 1. The lowest BCUT2D eigenvalue weighted by atomic mass is 10.2. The number of halogens is 1. The van der Waals surface area contributed by atoms with Crippen LogP contribution in [0.4, 0.5) is 4.39 Å². The maximum atomic E-state index is 13.0. The first-order valence-corrected chi connectivity index (χ1v) is 10.6. The van der Waals surface area contributed by atoms with E-state index in [9.17, 15) is 17.6 Å². The Kier molecular flexibility index (Phi) is 5.31. The molecule has 0 aliphatic rings. The monoisotopic (exact) mass is 395 g/mol. The number of nitrogens with one attached hydrogen (secondary N) is 1. The third-order valence-corrected chi connectivity index (χ3v) is 8.21. The van der Waals surface area contributed by atoms with Gasteiger partial charge >= 0.3 is 0 Å². The summed E-state index contributed by atoms with van der Waals surface area (Å²) in [4.78, 5) is 12.9. The highest BCUT2D eigenvalue weighted by molar-refractivity contribution is 7.93. The predicted molar refractivity (Wildman–Crippen MR) is 97.3 cm³/mol. The van der Waals surface area contributed by atoms with Crippen LogP contribution in [0.15, 0.2) is 63.5 Å². The molecular formula is C17H14FNO3S3. The second kappa shape index (κ2) is 7.47. The van der Waals surface area contributed by atoms with Crippen LogP contribution in [0.25, 0.3) is 0 Å². The molecule has 8 heteroatoms. The summed E-state index contributed by atoms with van der Waals surface area (Å²) < 4.78 is 39.0. The van der Waals surface area contributed by atoms with Crippen LogP contribution in [0.3, 0.4) is 0 Å². The van der Waals surface area contributed by atoms with Crippen LogP contribution < -0.4 is 5.32 Å². The van der Waals surface area contributed by atoms with E-state index in [0.29, 0.717) is 4.88 Å². The molecule has 2 aromatic heterocycles. The highest BCUT2D eigenvalue weighted by atomic mass is 32.2. The minimum absolute atomic E-state index is 0.0586. The molecular weight excluding hydrogens is 381 g/mol. The molecule has 1 aromatic carbocycles. The highest BCUT2D eigenvalue weighted by Gasteiger charge is 2.31. The van der Waals surface area contributed by atoms with Gasteiger partial charge < -0.3 is 5.32 Å². The van der Waals surface area contributed by atoms with Gasteiger partial charge in [0.2, 0.25) is 0 Å². The zero-order valence-corrected chi connectivity index (χ0v) is 15.3. The molecule has 0 saturated carbocycles. The molecule has 4 nitrogen and oxygen atoms in total. The van der Waals surface area contributed by atoms with Crippen LogP contribution in [-0.2, 0) is 9.84 Å². The predicted octanol–water partition coefficient (Wildman–Crippen LogP) is 3.89. The van der Waals surface area contributed by atoms with Gasteiger partial charge in [-0.15, -0.1) is 22.7 Å². The minimum Gasteiger partial charge on any atom is -0.350 e. The topological polar surface area (TPSA) is 63.2 Å². The first-order valence-electron chi connectivity index (χ1n) is 7.33. The van der Waals surface area contributed by atoms with E-state index in [1.54, 1.807) is 35.0 Å². The smallest absolute Gasteiger partial charge is 0.251 e. The molecule has 130 valence electrons. The molecule has 3 aromatic rings. The van der Waals surface area contributed by atoms with Crippen molar-refractivity contribution in [2.45, 2.75) is 9.46 Å². The molecule has 3 rings (SSSR count). The maximum absolute atomic E-state index is 13.0. The van der Waals surface area contributed by atoms with E-state index in [0.717, 1.165) is 11.3 Å². The number of carbonyl (C=O) groups is 1. The number of hydrogen-bond acceptors (Lipinski definition) is 5. The Bertz CT molecular complexity index is 934. The number of thiophene rings is 2. The number of benzene rings is 1. The Hall–Kier alpha value is -2.03. The normalized spacial score (nSPS) is 12.7. The summed E-state index contributed by atoms with van der Waals surface area (Å²) in [5, 5.41) is 5.28. The minimum atomic E-state index is -3.61. The largest absolute Gasteiger partial charge is 0.350 e. The molecule has 0 spiro atoms. The summed E-state index contributed by atoms with van der Waals surface area (Å²) in [5.41, 5.74) is 0.278. The Labute approximate surface area is 152 Å². The second-order valence-electron chi connectivity index (χ2n) is 5.20. The van der Waals surface area contributed by atoms with E-state index < -0.39 is 26.8 Å². The average molecular weight is 396 g/mol. The first-order chi connectivity index (χ1) is 12.0. The van der Waals surface area contributed by atoms with E-state index >= 15 is 0 Å². The highest BCUT2D eigenvalue weighted by Crippen LogP contribution is 2.33. The Morgan fingerprint density at radius 3 is 2.32 bits per heavy atom. The zero-order chi connectivity index (χ0) is 17.9. The summed E-state index contributed by atoms with van der Waals surface area (Å²) in [6.07, 6.45) is 0. The number of carbonyl (C=O) groups excluding carboxylic acids is 1. The van der Waals surface area contributed by atoms with Crippen LogP contribution in [0.5, 0.6) is 0 Å². The Morgan fingerprint density at radius 2 is 1.72 bits per heavy atom. The van der Waals surface area contributed by atoms with Gasteiger partial charge in [-0.3, -0.25) is 4.79 Å². The van der Waals surface area contributed by atoms with Gasteiger partial charge in [0, 0.05) is 17.0 Å². The molecule has 0 unspecified atom stereocenters. The summed E-state index contributed by atoms with van der Waals surface area (Å²) in [6, 6.07) is 11.9. The van der Waals surface area contributed by atoms with Crippen molar-refractivity contribution < 1.29 is 17.6 Å². The lowest BCUT2D eigenvalue weighted by molar-refractivity contribution is 0.0953. The van der Waals surface area contributed by atoms with Gasteiger partial charge in [-0.2, -0.15) is 0 Å². The van der Waals surface area contributed by atoms with Gasteiger partial charge in [0.15, 0.2) is 9.84 Å². The van der Waals surface area contributed by atoms with E-state index in [1.807, 2.05) is 0 Å². The van der Waals surface area contributed by atoms with Crippen molar-refractivity contribution in [1.82, 2.24) is 5.32 Å². The van der Waals surface area contributed by atoms with Gasteiger partial charge in [0.1, 0.15) is 15.3 Å². The van der Waals surface area contributed by atoms with Gasteiger partial charge in [-0.1, -0.05) is 12.1 Å². The van der Waals surface area contributed by atoms with Crippen molar-refractivity contribution in [1.29, 1.82) is 0 Å². The summed E-state index contributed by atoms with van der Waals surface area (Å²) in [6.45, 7) is -0.0586. The molecule has 1 amide bonds. The lowest BCUT2D eigenvalue weighted by Crippen LogP contribution is -2.31. The van der Waals surface area contributed by atoms with Crippen LogP contribution in [0, 0.1) is 5.82 Å². The van der Waals surface area contributed by atoms with E-state index in [-0.39, 0.29) is 16.3 Å². The van der Waals surface area contributed by atoms with Crippen LogP contribution >= 0.6 is 22.7 Å². The fraction of sp³-hybridized carbons (Fsp3) is 0.118. The molecule has 1 atom stereocenters. The van der Waals surface area contributed by atoms with Crippen LogP contribution in [-0.4, -0.2) is 20.9 Å². The summed E-state index contributed by atoms with van der Waals surface area (Å²) in [7, 11) is -3.61. The molecule has 0 bridgehead atoms. The van der Waals surface area contributed by atoms with E-state index in [1.165, 1.54) is 35.6 Å². The fourth-order valence-electron chi connectivity index (χ4n) is 2.29. The summed E-state index contributed by atoms with van der Waals surface area (Å²) in [5.74, 6) is -0.878. The lowest BCUT2D eigenvalue weighted by Gasteiger charge is -2.16. The molecule has 2 heterocycles. The van der Waals surface area contributed by atoms with Crippen molar-refractivity contribution in [3.05, 3.63) is 75.5 Å². The van der Waals surface area contributed by atoms with Gasteiger partial charge in [-0.05, 0) is 47.2 Å². The van der Waals surface area contributed by atoms with Crippen LogP contribution in [0.2, 0.25) is 0 Å². The van der Waals surface area contributed by atoms with E-state index in [4.69, 9.17) is 0 Å². The number of rotatable bonds is 6. The zero-order valence-electron chi connectivity index (χ0n) is 12.9. The Balaban J connectivity index is 1.82. The molecule has 0 fully saturated rings. The van der Waals surface area contributed by atoms with Gasteiger partial charge in [0.25, 0.3) is 5.91 Å². The average Bonchev–Trinajstić information content (AvgIpc) is 3.29. The van der Waals surface area contributed by atoms with Crippen molar-refractivity contribution in [3.63, 3.8) is 0 Å². The molecule has 0 radical (unpaired) electrons. The SMILES string of the molecule is O=C(NC[C@@H](c1cccs1)S(=O)(=O)c1cccs1)c1ccc(F)cc1. The maximum Gasteiger partial charge on any atom is 0.251 e. The quantitative estimate of drug-likeness (QED) is 0.689. The van der Waals surface area contributed by atoms with Gasteiger partial charge in [0.05, 0.1) is 0 Å². The first kappa shape index (κ1) is 17.8. The molecule has 0 saturated heterocycles. The summed E-state index contributed by atoms with van der Waals surface area (Å²) >= 11 is 2.48. The number of sulfone groups is 1. The second-order valence-corrected chi connectivity index (χ2v) is 9.48. The molecule has 1 N–H and O–H groups in total. The van der Waals surface area contributed by atoms with Crippen LogP contribution in [0.1, 0.15) is 20.5 Å². The van der Waals surface area contributed by atoms with Crippen molar-refractivity contribution >= 4 is 38.4 Å². The third-order valence-electron chi connectivity index (χ3n) is 3.57. The molecule has 25 heavy (non-hydrogen) atoms. The van der Waals surface area contributed by atoms with Crippen molar-refractivity contribution in [2.24, 2.45) is 0 Å². The molecule has 0 aliphatic carbocycles. The van der Waals surface area contributed by atoms with Crippen molar-refractivity contribution in [3.8, 4) is 0 Å². The van der Waals surface area contributed by atoms with E-state index in [2.05, 4.69) is 5.32 Å². The van der Waals surface area contributed by atoms with Gasteiger partial charge in [-0.25, -0.2) is 12.8 Å².